The number of hydrogen-bond donors (Lipinski definition) is 0. The van der Waals surface area contributed by atoms with Crippen LogP contribution in [0.4, 0.5) is 0 Å². The molecule has 1 rings (SSSR count). The summed E-state index contributed by atoms with van der Waals surface area (Å²) in [6, 6.07) is 0. The summed E-state index contributed by atoms with van der Waals surface area (Å²) in [5, 5.41) is 0. The van der Waals surface area contributed by atoms with E-state index in [-0.39, 0.29) is 0 Å². The van der Waals surface area contributed by atoms with Gasteiger partial charge in [-0.3, -0.25) is 0 Å². The van der Waals surface area contributed by atoms with Crippen LogP contribution >= 0.6 is 0 Å². The summed E-state index contributed by atoms with van der Waals surface area (Å²) in [6.07, 6.45) is 12.9. The van der Waals surface area contributed by atoms with Crippen molar-refractivity contribution in [1.29, 1.82) is 0 Å². The second-order valence-electron chi connectivity index (χ2n) is 6.12. The second kappa shape index (κ2) is 5.54. The maximum Gasteiger partial charge on any atom is 0.235 e. The molecule has 4 heteroatoms. The molecule has 1 aliphatic rings. The molecule has 1 aliphatic carbocycles. The average Bonchev–Trinajstić information content (AvgIpc) is 2.53. The topological polar surface area (TPSA) is 58.9 Å². The molecule has 0 heterocycles. The van der Waals surface area contributed by atoms with Crippen LogP contribution in [0.15, 0.2) is 45.9 Å². The third-order valence-corrected chi connectivity index (χ3v) is 4.00. The minimum atomic E-state index is -0.633. The van der Waals surface area contributed by atoms with Gasteiger partial charge in [0.1, 0.15) is 0 Å². The fourth-order valence-corrected chi connectivity index (χ4v) is 1.95. The Balaban J connectivity index is 3.22. The molecule has 1 unspecified atom stereocenters. The Labute approximate surface area is 119 Å². The minimum Gasteiger partial charge on any atom is -0.211 e. The van der Waals surface area contributed by atoms with Crippen molar-refractivity contribution in [3.05, 3.63) is 36.0 Å². The van der Waals surface area contributed by atoms with Crippen molar-refractivity contribution in [3.63, 3.8) is 0 Å². The van der Waals surface area contributed by atoms with Gasteiger partial charge in [-0.2, -0.15) is 9.98 Å². The fraction of sp³-hybridized carbons (Fsp3) is 0.500. The molecule has 0 aromatic heterocycles. The molecule has 0 amide bonds. The molecule has 106 valence electrons. The van der Waals surface area contributed by atoms with E-state index < -0.39 is 16.5 Å². The highest BCUT2D eigenvalue weighted by molar-refractivity contribution is 5.44. The van der Waals surface area contributed by atoms with Crippen LogP contribution in [0.25, 0.3) is 0 Å². The normalized spacial score (nSPS) is 22.4. The standard InChI is InChI=1S/C16H20N2O2/c1-14(2,17-11-19)13-7-6-9-16(5,10-8-13)15(3,4)18-12-20/h6-10H,1-5H3. The number of allylic oxidation sites excluding steroid dienone is 2. The Hall–Kier alpha value is -2.02. The zero-order valence-corrected chi connectivity index (χ0v) is 12.6. The van der Waals surface area contributed by atoms with Crippen LogP contribution in [0.3, 0.4) is 0 Å². The number of hydrogen-bond acceptors (Lipinski definition) is 4. The molecule has 1 atom stereocenters. The van der Waals surface area contributed by atoms with Gasteiger partial charge < -0.3 is 0 Å². The lowest BCUT2D eigenvalue weighted by Gasteiger charge is -2.35. The molecule has 0 saturated carbocycles. The molecule has 0 aromatic rings. The second-order valence-corrected chi connectivity index (χ2v) is 6.12. The Morgan fingerprint density at radius 3 is 2.20 bits per heavy atom. The highest BCUT2D eigenvalue weighted by Gasteiger charge is 2.38. The molecular formula is C16H20N2O2. The lowest BCUT2D eigenvalue weighted by atomic mass is 9.73. The number of nitrogens with zero attached hydrogens (tertiary/aromatic N) is 2. The van der Waals surface area contributed by atoms with Crippen LogP contribution in [0.1, 0.15) is 34.6 Å². The monoisotopic (exact) mass is 272 g/mol. The van der Waals surface area contributed by atoms with Gasteiger partial charge in [0.15, 0.2) is 0 Å². The first-order valence-corrected chi connectivity index (χ1v) is 6.46. The smallest absolute Gasteiger partial charge is 0.211 e. The van der Waals surface area contributed by atoms with E-state index in [2.05, 4.69) is 9.98 Å². The molecule has 0 fully saturated rings. The third kappa shape index (κ3) is 3.11. The first-order valence-electron chi connectivity index (χ1n) is 6.46. The van der Waals surface area contributed by atoms with Crippen LogP contribution < -0.4 is 0 Å². The summed E-state index contributed by atoms with van der Waals surface area (Å²) in [5.74, 6) is 0. The largest absolute Gasteiger partial charge is 0.235 e. The van der Waals surface area contributed by atoms with Crippen molar-refractivity contribution in [2.24, 2.45) is 15.4 Å². The van der Waals surface area contributed by atoms with Crippen molar-refractivity contribution in [1.82, 2.24) is 0 Å². The molecule has 0 aliphatic heterocycles. The molecule has 0 saturated heterocycles. The highest BCUT2D eigenvalue weighted by atomic mass is 16.1. The van der Waals surface area contributed by atoms with Crippen molar-refractivity contribution in [2.75, 3.05) is 0 Å². The van der Waals surface area contributed by atoms with E-state index in [0.717, 1.165) is 5.57 Å². The molecule has 0 bridgehead atoms. The van der Waals surface area contributed by atoms with Crippen LogP contribution in [-0.2, 0) is 9.59 Å². The van der Waals surface area contributed by atoms with Gasteiger partial charge in [0, 0.05) is 5.41 Å². The first-order chi connectivity index (χ1) is 9.18. The zero-order chi connectivity index (χ0) is 15.4. The van der Waals surface area contributed by atoms with Crippen molar-refractivity contribution < 1.29 is 9.59 Å². The molecule has 0 aromatic carbocycles. The highest BCUT2D eigenvalue weighted by Crippen LogP contribution is 2.39. The van der Waals surface area contributed by atoms with Gasteiger partial charge >= 0.3 is 0 Å². The van der Waals surface area contributed by atoms with Crippen LogP contribution in [0.2, 0.25) is 0 Å². The minimum absolute atomic E-state index is 0.427. The number of isocyanates is 2. The lowest BCUT2D eigenvalue weighted by molar-refractivity contribution is 0.314. The molecule has 20 heavy (non-hydrogen) atoms. The maximum atomic E-state index is 10.6. The number of rotatable bonds is 4. The SMILES string of the molecule is CC(C)(N=C=O)C1=CC=CC(C)(C(C)(C)N=C=O)C=C1. The summed E-state index contributed by atoms with van der Waals surface area (Å²) in [7, 11) is 0. The van der Waals surface area contributed by atoms with Gasteiger partial charge in [0.25, 0.3) is 0 Å². The lowest BCUT2D eigenvalue weighted by Crippen LogP contribution is -2.36. The summed E-state index contributed by atoms with van der Waals surface area (Å²) in [6.45, 7) is 9.45. The van der Waals surface area contributed by atoms with Crippen molar-refractivity contribution >= 4 is 12.2 Å². The summed E-state index contributed by atoms with van der Waals surface area (Å²) in [5.41, 5.74) is -0.773. The van der Waals surface area contributed by atoms with E-state index in [1.807, 2.05) is 65.0 Å². The van der Waals surface area contributed by atoms with E-state index in [0.29, 0.717) is 0 Å². The predicted octanol–water partition coefficient (Wildman–Crippen LogP) is 3.27. The van der Waals surface area contributed by atoms with Gasteiger partial charge in [-0.1, -0.05) is 37.3 Å². The van der Waals surface area contributed by atoms with Crippen molar-refractivity contribution in [2.45, 2.75) is 45.7 Å². The van der Waals surface area contributed by atoms with E-state index in [4.69, 9.17) is 0 Å². The van der Waals surface area contributed by atoms with Crippen molar-refractivity contribution in [3.8, 4) is 0 Å². The van der Waals surface area contributed by atoms with Gasteiger partial charge in [0.05, 0.1) is 11.1 Å². The van der Waals surface area contributed by atoms with E-state index in [9.17, 15) is 9.59 Å². The van der Waals surface area contributed by atoms with Crippen LogP contribution in [0.5, 0.6) is 0 Å². The van der Waals surface area contributed by atoms with Gasteiger partial charge in [0.2, 0.25) is 12.2 Å². The molecule has 0 radical (unpaired) electrons. The average molecular weight is 272 g/mol. The summed E-state index contributed by atoms with van der Waals surface area (Å²) in [4.78, 5) is 28.8. The van der Waals surface area contributed by atoms with Gasteiger partial charge in [-0.15, -0.1) is 0 Å². The van der Waals surface area contributed by atoms with E-state index >= 15 is 0 Å². The number of aliphatic imine (C=N–C) groups is 2. The summed E-state index contributed by atoms with van der Waals surface area (Å²) < 4.78 is 0. The van der Waals surface area contributed by atoms with E-state index in [1.54, 1.807) is 12.2 Å². The quantitative estimate of drug-likeness (QED) is 0.582. The first kappa shape index (κ1) is 16.0. The van der Waals surface area contributed by atoms with Gasteiger partial charge in [-0.25, -0.2) is 9.59 Å². The molecule has 0 spiro atoms. The predicted molar refractivity (Wildman–Crippen MR) is 78.9 cm³/mol. The number of carbonyl (C=O) groups excluding carboxylic acids is 2. The Bertz CT molecular complexity index is 569. The molecule has 0 N–H and O–H groups in total. The molecule has 4 nitrogen and oxygen atoms in total. The maximum absolute atomic E-state index is 10.6. The Kier molecular flexibility index (Phi) is 4.44. The van der Waals surface area contributed by atoms with E-state index in [1.165, 1.54) is 0 Å². The van der Waals surface area contributed by atoms with Crippen LogP contribution in [0, 0.1) is 5.41 Å². The Morgan fingerprint density at radius 2 is 1.65 bits per heavy atom. The van der Waals surface area contributed by atoms with Gasteiger partial charge in [-0.05, 0) is 33.3 Å². The Morgan fingerprint density at radius 1 is 1.05 bits per heavy atom. The summed E-state index contributed by atoms with van der Waals surface area (Å²) >= 11 is 0. The fourth-order valence-electron chi connectivity index (χ4n) is 1.95. The zero-order valence-electron chi connectivity index (χ0n) is 12.6. The van der Waals surface area contributed by atoms with Crippen LogP contribution in [-0.4, -0.2) is 23.2 Å². The third-order valence-electron chi connectivity index (χ3n) is 4.00. The molecular weight excluding hydrogens is 252 g/mol.